The van der Waals surface area contributed by atoms with Crippen molar-refractivity contribution in [2.24, 2.45) is 0 Å². The Morgan fingerprint density at radius 1 is 1.06 bits per heavy atom. The van der Waals surface area contributed by atoms with E-state index in [1.165, 1.54) is 16.7 Å². The molecule has 0 aliphatic carbocycles. The maximum Gasteiger partial charge on any atom is 0.0436 e. The second-order valence-corrected chi connectivity index (χ2v) is 6.24. The van der Waals surface area contributed by atoms with E-state index in [1.807, 2.05) is 0 Å². The van der Waals surface area contributed by atoms with E-state index in [9.17, 15) is 0 Å². The minimum atomic E-state index is 0.363. The number of alkyl halides is 1. The molecular formula is C15H14Br2. The quantitative estimate of drug-likeness (QED) is 0.645. The van der Waals surface area contributed by atoms with Crippen LogP contribution in [0.2, 0.25) is 0 Å². The van der Waals surface area contributed by atoms with Crippen molar-refractivity contribution in [1.29, 1.82) is 0 Å². The van der Waals surface area contributed by atoms with E-state index >= 15 is 0 Å². The van der Waals surface area contributed by atoms with E-state index in [1.54, 1.807) is 0 Å². The molecule has 1 unspecified atom stereocenters. The van der Waals surface area contributed by atoms with Gasteiger partial charge in [-0.05, 0) is 36.6 Å². The lowest BCUT2D eigenvalue weighted by Crippen LogP contribution is -1.95. The molecule has 0 aliphatic rings. The van der Waals surface area contributed by atoms with E-state index in [0.717, 1.165) is 10.9 Å². The Labute approximate surface area is 119 Å². The highest BCUT2D eigenvalue weighted by molar-refractivity contribution is 9.10. The molecule has 0 aromatic heterocycles. The third-order valence-corrected chi connectivity index (χ3v) is 4.05. The van der Waals surface area contributed by atoms with Crippen molar-refractivity contribution in [1.82, 2.24) is 0 Å². The number of hydrogen-bond donors (Lipinski definition) is 0. The van der Waals surface area contributed by atoms with E-state index in [4.69, 9.17) is 0 Å². The van der Waals surface area contributed by atoms with Crippen molar-refractivity contribution < 1.29 is 0 Å². The van der Waals surface area contributed by atoms with Crippen LogP contribution in [-0.4, -0.2) is 0 Å². The van der Waals surface area contributed by atoms with Crippen LogP contribution in [0, 0.1) is 6.92 Å². The Morgan fingerprint density at radius 3 is 2.53 bits per heavy atom. The van der Waals surface area contributed by atoms with Gasteiger partial charge in [0.25, 0.3) is 0 Å². The fourth-order valence-electron chi connectivity index (χ4n) is 1.87. The van der Waals surface area contributed by atoms with Gasteiger partial charge in [0.15, 0.2) is 0 Å². The molecule has 0 saturated heterocycles. The fraction of sp³-hybridized carbons (Fsp3) is 0.200. The van der Waals surface area contributed by atoms with E-state index in [2.05, 4.69) is 87.3 Å². The SMILES string of the molecule is Cc1cccc(CC(Br)c2cccc(Br)c2)c1. The van der Waals surface area contributed by atoms with Gasteiger partial charge in [-0.2, -0.15) is 0 Å². The highest BCUT2D eigenvalue weighted by atomic mass is 79.9. The summed E-state index contributed by atoms with van der Waals surface area (Å²) in [4.78, 5) is 0.363. The molecule has 0 radical (unpaired) electrons. The lowest BCUT2D eigenvalue weighted by Gasteiger charge is -2.11. The van der Waals surface area contributed by atoms with E-state index < -0.39 is 0 Å². The molecule has 17 heavy (non-hydrogen) atoms. The highest BCUT2D eigenvalue weighted by Gasteiger charge is 2.08. The number of hydrogen-bond acceptors (Lipinski definition) is 0. The summed E-state index contributed by atoms with van der Waals surface area (Å²) < 4.78 is 1.13. The number of benzene rings is 2. The average molecular weight is 354 g/mol. The molecule has 0 amide bonds. The first kappa shape index (κ1) is 12.8. The van der Waals surface area contributed by atoms with Gasteiger partial charge in [0, 0.05) is 9.30 Å². The smallest absolute Gasteiger partial charge is 0.0436 e. The van der Waals surface area contributed by atoms with Crippen LogP contribution < -0.4 is 0 Å². The molecule has 2 rings (SSSR count). The zero-order chi connectivity index (χ0) is 12.3. The van der Waals surface area contributed by atoms with Crippen LogP contribution in [0.3, 0.4) is 0 Å². The molecule has 0 bridgehead atoms. The van der Waals surface area contributed by atoms with Gasteiger partial charge in [-0.15, -0.1) is 0 Å². The van der Waals surface area contributed by atoms with Gasteiger partial charge >= 0.3 is 0 Å². The minimum Gasteiger partial charge on any atom is -0.0835 e. The van der Waals surface area contributed by atoms with Crippen LogP contribution >= 0.6 is 31.9 Å². The lowest BCUT2D eigenvalue weighted by atomic mass is 10.0. The Balaban J connectivity index is 2.14. The largest absolute Gasteiger partial charge is 0.0835 e. The molecule has 2 aromatic carbocycles. The van der Waals surface area contributed by atoms with Gasteiger partial charge in [-0.1, -0.05) is 73.8 Å². The Morgan fingerprint density at radius 2 is 1.82 bits per heavy atom. The topological polar surface area (TPSA) is 0 Å². The number of rotatable bonds is 3. The van der Waals surface area contributed by atoms with Crippen molar-refractivity contribution in [3.63, 3.8) is 0 Å². The predicted molar refractivity (Wildman–Crippen MR) is 80.7 cm³/mol. The van der Waals surface area contributed by atoms with Gasteiger partial charge in [0.2, 0.25) is 0 Å². The monoisotopic (exact) mass is 352 g/mol. The van der Waals surface area contributed by atoms with Crippen molar-refractivity contribution in [2.45, 2.75) is 18.2 Å². The van der Waals surface area contributed by atoms with Gasteiger partial charge in [0.1, 0.15) is 0 Å². The molecule has 0 aliphatic heterocycles. The molecule has 0 saturated carbocycles. The molecule has 0 fully saturated rings. The molecule has 2 heteroatoms. The van der Waals surface area contributed by atoms with Crippen LogP contribution in [-0.2, 0) is 6.42 Å². The zero-order valence-electron chi connectivity index (χ0n) is 9.66. The normalized spacial score (nSPS) is 12.4. The molecule has 0 N–H and O–H groups in total. The van der Waals surface area contributed by atoms with Gasteiger partial charge in [0.05, 0.1) is 0 Å². The number of halogens is 2. The van der Waals surface area contributed by atoms with Crippen LogP contribution in [0.1, 0.15) is 21.5 Å². The summed E-state index contributed by atoms with van der Waals surface area (Å²) >= 11 is 7.27. The summed E-state index contributed by atoms with van der Waals surface area (Å²) in [6.07, 6.45) is 1.01. The second kappa shape index (κ2) is 5.83. The maximum absolute atomic E-state index is 3.76. The molecule has 88 valence electrons. The second-order valence-electron chi connectivity index (χ2n) is 4.22. The predicted octanol–water partition coefficient (Wildman–Crippen LogP) is 5.44. The first-order valence-corrected chi connectivity index (χ1v) is 7.31. The standard InChI is InChI=1S/C15H14Br2/c1-11-4-2-5-12(8-11)9-15(17)13-6-3-7-14(16)10-13/h2-8,10,15H,9H2,1H3. The van der Waals surface area contributed by atoms with Gasteiger partial charge in [-0.25, -0.2) is 0 Å². The van der Waals surface area contributed by atoms with E-state index in [0.29, 0.717) is 4.83 Å². The molecule has 2 aromatic rings. The number of aryl methyl sites for hydroxylation is 1. The summed E-state index contributed by atoms with van der Waals surface area (Å²) in [7, 11) is 0. The van der Waals surface area contributed by atoms with Crippen LogP contribution in [0.15, 0.2) is 53.0 Å². The van der Waals surface area contributed by atoms with Crippen LogP contribution in [0.4, 0.5) is 0 Å². The zero-order valence-corrected chi connectivity index (χ0v) is 12.8. The first-order chi connectivity index (χ1) is 8.15. The third-order valence-electron chi connectivity index (χ3n) is 2.71. The maximum atomic E-state index is 3.76. The summed E-state index contributed by atoms with van der Waals surface area (Å²) in [6, 6.07) is 17.1. The highest BCUT2D eigenvalue weighted by Crippen LogP contribution is 2.28. The first-order valence-electron chi connectivity index (χ1n) is 5.60. The molecule has 0 spiro atoms. The van der Waals surface area contributed by atoms with Crippen LogP contribution in [0.5, 0.6) is 0 Å². The fourth-order valence-corrected chi connectivity index (χ4v) is 2.94. The summed E-state index contributed by atoms with van der Waals surface area (Å²) in [5, 5.41) is 0. The van der Waals surface area contributed by atoms with Gasteiger partial charge in [-0.3, -0.25) is 0 Å². The van der Waals surface area contributed by atoms with E-state index in [-0.39, 0.29) is 0 Å². The van der Waals surface area contributed by atoms with Crippen molar-refractivity contribution in [3.05, 3.63) is 69.7 Å². The summed E-state index contributed by atoms with van der Waals surface area (Å²) in [6.45, 7) is 2.13. The molecular weight excluding hydrogens is 340 g/mol. The molecule has 0 nitrogen and oxygen atoms in total. The Kier molecular flexibility index (Phi) is 4.41. The Bertz CT molecular complexity index is 506. The molecule has 0 heterocycles. The average Bonchev–Trinajstić information content (AvgIpc) is 2.29. The minimum absolute atomic E-state index is 0.363. The van der Waals surface area contributed by atoms with Crippen molar-refractivity contribution >= 4 is 31.9 Å². The summed E-state index contributed by atoms with van der Waals surface area (Å²) in [5.74, 6) is 0. The van der Waals surface area contributed by atoms with Gasteiger partial charge < -0.3 is 0 Å². The molecule has 1 atom stereocenters. The summed E-state index contributed by atoms with van der Waals surface area (Å²) in [5.41, 5.74) is 3.99. The Hall–Kier alpha value is -0.600. The van der Waals surface area contributed by atoms with Crippen molar-refractivity contribution in [3.8, 4) is 0 Å². The van der Waals surface area contributed by atoms with Crippen LogP contribution in [0.25, 0.3) is 0 Å². The van der Waals surface area contributed by atoms with Crippen molar-refractivity contribution in [2.75, 3.05) is 0 Å². The third kappa shape index (κ3) is 3.68. The lowest BCUT2D eigenvalue weighted by molar-refractivity contribution is 0.946.